The first-order valence-electron chi connectivity index (χ1n) is 15.7. The van der Waals surface area contributed by atoms with E-state index in [9.17, 15) is 0 Å². The smallest absolute Gasteiger partial charge is 0.503 e. The molecule has 8 aromatic rings. The van der Waals surface area contributed by atoms with Gasteiger partial charge in [0.2, 0.25) is 5.95 Å². The fourth-order valence-corrected chi connectivity index (χ4v) is 6.03. The van der Waals surface area contributed by atoms with Crippen LogP contribution in [0.1, 0.15) is 22.3 Å². The van der Waals surface area contributed by atoms with E-state index in [4.69, 9.17) is 9.47 Å². The predicted octanol–water partition coefficient (Wildman–Crippen LogP) is 9.11. The SMILES string of the molecule is Cc1cc(C)c(-c2ccccn2)[c-]c1Oc1[c-]c2c(cc1)c1ccc(Oc3[c-]c(-c4ccccn4)c(C)cc3C)[c-]c1n2-c1ncncn1.[Pt+2].[Pt+2]. The van der Waals surface area contributed by atoms with E-state index in [0.29, 0.717) is 28.9 Å². The van der Waals surface area contributed by atoms with Gasteiger partial charge in [0.15, 0.2) is 0 Å². The van der Waals surface area contributed by atoms with Crippen LogP contribution in [0.5, 0.6) is 23.0 Å². The summed E-state index contributed by atoms with van der Waals surface area (Å²) < 4.78 is 14.8. The van der Waals surface area contributed by atoms with E-state index >= 15 is 0 Å². The molecular formula is C41H28N6O2Pt2. The summed E-state index contributed by atoms with van der Waals surface area (Å²) >= 11 is 0. The normalized spacial score (nSPS) is 10.8. The molecule has 4 heterocycles. The predicted molar refractivity (Wildman–Crippen MR) is 188 cm³/mol. The van der Waals surface area contributed by atoms with Crippen LogP contribution >= 0.6 is 0 Å². The van der Waals surface area contributed by atoms with Crippen molar-refractivity contribution in [3.63, 3.8) is 0 Å². The number of aromatic nitrogens is 6. The molecular weight excluding hydrogens is 999 g/mol. The molecule has 0 aliphatic heterocycles. The third kappa shape index (κ3) is 6.99. The Morgan fingerprint density at radius 3 is 1.43 bits per heavy atom. The van der Waals surface area contributed by atoms with E-state index in [1.807, 2.05) is 79.1 Å². The molecule has 8 nitrogen and oxygen atoms in total. The first-order chi connectivity index (χ1) is 23.9. The Morgan fingerprint density at radius 1 is 0.529 bits per heavy atom. The Labute approximate surface area is 324 Å². The van der Waals surface area contributed by atoms with Gasteiger partial charge in [-0.3, -0.25) is 0 Å². The van der Waals surface area contributed by atoms with E-state index < -0.39 is 0 Å². The molecule has 0 N–H and O–H groups in total. The van der Waals surface area contributed by atoms with E-state index in [0.717, 1.165) is 66.6 Å². The second kappa shape index (κ2) is 15.1. The minimum Gasteiger partial charge on any atom is -0.503 e. The molecule has 0 amide bonds. The quantitative estimate of drug-likeness (QED) is 0.147. The van der Waals surface area contributed by atoms with Gasteiger partial charge in [-0.25, -0.2) is 15.0 Å². The van der Waals surface area contributed by atoms with Crippen molar-refractivity contribution in [2.24, 2.45) is 0 Å². The van der Waals surface area contributed by atoms with Crippen LogP contribution in [0.2, 0.25) is 0 Å². The number of fused-ring (bicyclic) bond motifs is 3. The van der Waals surface area contributed by atoms with Crippen molar-refractivity contribution in [1.82, 2.24) is 29.5 Å². The summed E-state index contributed by atoms with van der Waals surface area (Å²) in [4.78, 5) is 22.0. The van der Waals surface area contributed by atoms with Crippen LogP contribution in [0.4, 0.5) is 0 Å². The van der Waals surface area contributed by atoms with E-state index in [1.54, 1.807) is 12.4 Å². The number of rotatable bonds is 7. The zero-order valence-electron chi connectivity index (χ0n) is 27.9. The minimum absolute atomic E-state index is 0. The van der Waals surface area contributed by atoms with Gasteiger partial charge in [0.25, 0.3) is 0 Å². The van der Waals surface area contributed by atoms with Crippen molar-refractivity contribution in [1.29, 1.82) is 0 Å². The summed E-state index contributed by atoms with van der Waals surface area (Å²) in [6.45, 7) is 8.11. The molecule has 0 bridgehead atoms. The summed E-state index contributed by atoms with van der Waals surface area (Å²) in [6, 6.07) is 37.5. The van der Waals surface area contributed by atoms with Gasteiger partial charge in [0.05, 0.1) is 0 Å². The molecule has 0 spiro atoms. The fraction of sp³-hybridized carbons (Fsp3) is 0.0976. The van der Waals surface area contributed by atoms with Crippen molar-refractivity contribution in [3.8, 4) is 51.5 Å². The van der Waals surface area contributed by atoms with E-state index in [-0.39, 0.29) is 42.1 Å². The number of nitrogens with zero attached hydrogens (tertiary/aromatic N) is 6. The molecule has 0 atom stereocenters. The molecule has 0 fully saturated rings. The summed E-state index contributed by atoms with van der Waals surface area (Å²) in [5.41, 5.74) is 8.92. The number of benzene rings is 4. The number of ether oxygens (including phenoxy) is 2. The monoisotopic (exact) mass is 1030 g/mol. The average Bonchev–Trinajstić information content (AvgIpc) is 3.44. The number of hydrogen-bond acceptors (Lipinski definition) is 7. The maximum Gasteiger partial charge on any atom is 2.00 e. The van der Waals surface area contributed by atoms with Crippen LogP contribution in [0.25, 0.3) is 50.3 Å². The molecule has 254 valence electrons. The van der Waals surface area contributed by atoms with Gasteiger partial charge in [-0.15, -0.1) is 58.7 Å². The zero-order chi connectivity index (χ0) is 33.5. The first kappa shape index (κ1) is 35.8. The second-order valence-corrected chi connectivity index (χ2v) is 11.8. The molecule has 0 saturated heterocycles. The maximum atomic E-state index is 6.44. The van der Waals surface area contributed by atoms with Crippen molar-refractivity contribution in [2.45, 2.75) is 27.7 Å². The molecule has 8 rings (SSSR count). The van der Waals surface area contributed by atoms with E-state index in [1.165, 1.54) is 12.7 Å². The van der Waals surface area contributed by atoms with Crippen molar-refractivity contribution >= 4 is 21.8 Å². The molecule has 0 aliphatic rings. The number of pyridine rings is 2. The largest absolute Gasteiger partial charge is 2.00 e. The van der Waals surface area contributed by atoms with Crippen LogP contribution in [0.3, 0.4) is 0 Å². The van der Waals surface area contributed by atoms with Crippen LogP contribution < -0.4 is 9.47 Å². The van der Waals surface area contributed by atoms with Crippen LogP contribution in [-0.4, -0.2) is 29.5 Å². The Hall–Kier alpha value is -5.03. The van der Waals surface area contributed by atoms with Gasteiger partial charge in [0, 0.05) is 35.4 Å². The first-order valence-corrected chi connectivity index (χ1v) is 15.7. The van der Waals surface area contributed by atoms with E-state index in [2.05, 4.69) is 75.2 Å². The third-order valence-electron chi connectivity index (χ3n) is 8.33. The molecule has 4 aromatic heterocycles. The van der Waals surface area contributed by atoms with Gasteiger partial charge < -0.3 is 24.0 Å². The second-order valence-electron chi connectivity index (χ2n) is 11.8. The summed E-state index contributed by atoms with van der Waals surface area (Å²) in [5.74, 6) is 2.65. The zero-order valence-corrected chi connectivity index (χ0v) is 32.4. The van der Waals surface area contributed by atoms with Gasteiger partial charge in [-0.2, -0.15) is 22.9 Å². The Balaban J connectivity index is 0.00000224. The Bertz CT molecular complexity index is 2340. The summed E-state index contributed by atoms with van der Waals surface area (Å²) in [7, 11) is 0. The topological polar surface area (TPSA) is 87.8 Å². The summed E-state index contributed by atoms with van der Waals surface area (Å²) in [6.07, 6.45) is 6.48. The van der Waals surface area contributed by atoms with Crippen LogP contribution in [0.15, 0.2) is 97.8 Å². The number of hydrogen-bond donors (Lipinski definition) is 0. The average molecular weight is 1030 g/mol. The Kier molecular flexibility index (Phi) is 10.6. The third-order valence-corrected chi connectivity index (χ3v) is 8.33. The molecule has 51 heavy (non-hydrogen) atoms. The molecule has 0 aliphatic carbocycles. The van der Waals surface area contributed by atoms with Gasteiger partial charge >= 0.3 is 42.1 Å². The maximum absolute atomic E-state index is 6.44. The van der Waals surface area contributed by atoms with Gasteiger partial charge in [-0.1, -0.05) is 86.3 Å². The summed E-state index contributed by atoms with van der Waals surface area (Å²) in [5, 5.41) is 1.86. The van der Waals surface area contributed by atoms with Gasteiger partial charge in [0.1, 0.15) is 12.7 Å². The molecule has 10 heteroatoms. The molecule has 0 saturated carbocycles. The number of aryl methyl sites for hydroxylation is 4. The molecule has 4 aromatic carbocycles. The Morgan fingerprint density at radius 2 is 1.00 bits per heavy atom. The van der Waals surface area contributed by atoms with Crippen molar-refractivity contribution in [3.05, 3.63) is 144 Å². The van der Waals surface area contributed by atoms with Crippen LogP contribution in [-0.2, 0) is 42.1 Å². The standard InChI is InChI=1S/C41H28N6O2.2Pt/c1-25-17-27(3)39(21-33(25)35-9-5-7-15-43-35)48-29-11-13-31-32-14-12-30(20-38(32)47(37(31)19-29)41-45-23-42-24-46-41)49-40-22-34(26(2)18-28(40)4)36-10-6-8-16-44-36;;/h5-18,23-24H,1-4H3;;/q-4;2*+2. The minimum atomic E-state index is 0. The fourth-order valence-electron chi connectivity index (χ4n) is 6.03. The van der Waals surface area contributed by atoms with Crippen molar-refractivity contribution in [2.75, 3.05) is 0 Å². The molecule has 0 radical (unpaired) electrons. The van der Waals surface area contributed by atoms with Gasteiger partial charge in [-0.05, 0) is 23.5 Å². The molecule has 0 unspecified atom stereocenters. The van der Waals surface area contributed by atoms with Crippen molar-refractivity contribution < 1.29 is 51.6 Å². The van der Waals surface area contributed by atoms with Crippen LogP contribution in [0, 0.1) is 52.0 Å².